The number of amides is 1. The Morgan fingerprint density at radius 2 is 2.00 bits per heavy atom. The van der Waals surface area contributed by atoms with Gasteiger partial charge in [0.05, 0.1) is 0 Å². The molecule has 0 radical (unpaired) electrons. The van der Waals surface area contributed by atoms with E-state index in [2.05, 4.69) is 41.1 Å². The van der Waals surface area contributed by atoms with Gasteiger partial charge in [0.2, 0.25) is 5.91 Å². The third kappa shape index (κ3) is 3.36. The second-order valence-electron chi connectivity index (χ2n) is 4.72. The second kappa shape index (κ2) is 6.24. The van der Waals surface area contributed by atoms with E-state index >= 15 is 0 Å². The molecular formula is C15H20N2O. The molecule has 0 aromatic heterocycles. The van der Waals surface area contributed by atoms with E-state index in [1.807, 2.05) is 6.07 Å². The van der Waals surface area contributed by atoms with E-state index in [1.54, 1.807) is 0 Å². The molecule has 1 fully saturated rings. The molecular weight excluding hydrogens is 224 g/mol. The van der Waals surface area contributed by atoms with Crippen LogP contribution >= 0.6 is 0 Å². The Labute approximate surface area is 108 Å². The standard InChI is InChI=1S/C15H20N2O/c1-2-15(18)16-12-13-8-10-17(11-9-13)14-6-4-3-5-7-14/h2-7,13H,1,8-12H2,(H,16,18). The van der Waals surface area contributed by atoms with Gasteiger partial charge in [0.15, 0.2) is 0 Å². The van der Waals surface area contributed by atoms with Crippen molar-refractivity contribution in [2.75, 3.05) is 24.5 Å². The first-order valence-corrected chi connectivity index (χ1v) is 6.50. The summed E-state index contributed by atoms with van der Waals surface area (Å²) in [5, 5.41) is 2.88. The van der Waals surface area contributed by atoms with Crippen molar-refractivity contribution in [1.82, 2.24) is 5.32 Å². The van der Waals surface area contributed by atoms with Gasteiger partial charge in [-0.25, -0.2) is 0 Å². The molecule has 96 valence electrons. The normalized spacial score (nSPS) is 16.3. The van der Waals surface area contributed by atoms with Gasteiger partial charge >= 0.3 is 0 Å². The predicted molar refractivity (Wildman–Crippen MR) is 74.6 cm³/mol. The van der Waals surface area contributed by atoms with E-state index in [4.69, 9.17) is 0 Å². The largest absolute Gasteiger partial charge is 0.372 e. The van der Waals surface area contributed by atoms with Gasteiger partial charge in [0.1, 0.15) is 0 Å². The van der Waals surface area contributed by atoms with Crippen LogP contribution in [0.4, 0.5) is 5.69 Å². The zero-order valence-corrected chi connectivity index (χ0v) is 10.6. The van der Waals surface area contributed by atoms with Crippen molar-refractivity contribution < 1.29 is 4.79 Å². The molecule has 1 aromatic carbocycles. The molecule has 0 bridgehead atoms. The van der Waals surface area contributed by atoms with Gasteiger partial charge in [0, 0.05) is 25.3 Å². The lowest BCUT2D eigenvalue weighted by Gasteiger charge is -2.33. The van der Waals surface area contributed by atoms with Gasteiger partial charge in [-0.2, -0.15) is 0 Å². The molecule has 2 rings (SSSR count). The molecule has 3 nitrogen and oxygen atoms in total. The summed E-state index contributed by atoms with van der Waals surface area (Å²) in [7, 11) is 0. The third-order valence-corrected chi connectivity index (χ3v) is 3.49. The summed E-state index contributed by atoms with van der Waals surface area (Å²) in [5.41, 5.74) is 1.30. The number of rotatable bonds is 4. The minimum atomic E-state index is -0.0690. The number of carbonyl (C=O) groups excluding carboxylic acids is 1. The fraction of sp³-hybridized carbons (Fsp3) is 0.400. The highest BCUT2D eigenvalue weighted by Crippen LogP contribution is 2.22. The first kappa shape index (κ1) is 12.7. The van der Waals surface area contributed by atoms with Crippen molar-refractivity contribution >= 4 is 11.6 Å². The molecule has 1 saturated heterocycles. The van der Waals surface area contributed by atoms with Crippen LogP contribution in [0.5, 0.6) is 0 Å². The Morgan fingerprint density at radius 3 is 2.61 bits per heavy atom. The van der Waals surface area contributed by atoms with Gasteiger partial charge in [-0.15, -0.1) is 0 Å². The summed E-state index contributed by atoms with van der Waals surface area (Å²) in [6, 6.07) is 10.5. The number of piperidine rings is 1. The van der Waals surface area contributed by atoms with Crippen LogP contribution in [0.15, 0.2) is 43.0 Å². The number of anilines is 1. The molecule has 1 N–H and O–H groups in total. The maximum Gasteiger partial charge on any atom is 0.243 e. The van der Waals surface area contributed by atoms with Gasteiger partial charge in [-0.1, -0.05) is 24.8 Å². The summed E-state index contributed by atoms with van der Waals surface area (Å²) >= 11 is 0. The van der Waals surface area contributed by atoms with Crippen LogP contribution in [0.25, 0.3) is 0 Å². The van der Waals surface area contributed by atoms with E-state index in [0.717, 1.165) is 32.5 Å². The first-order chi connectivity index (χ1) is 8.79. The van der Waals surface area contributed by atoms with Gasteiger partial charge in [0.25, 0.3) is 0 Å². The van der Waals surface area contributed by atoms with E-state index in [1.165, 1.54) is 11.8 Å². The van der Waals surface area contributed by atoms with Crippen LogP contribution in [0, 0.1) is 5.92 Å². The molecule has 1 aliphatic rings. The minimum absolute atomic E-state index is 0.0690. The molecule has 1 amide bonds. The molecule has 0 atom stereocenters. The fourth-order valence-corrected chi connectivity index (χ4v) is 2.35. The van der Waals surface area contributed by atoms with Crippen LogP contribution in [0.1, 0.15) is 12.8 Å². The lowest BCUT2D eigenvalue weighted by atomic mass is 9.96. The van der Waals surface area contributed by atoms with Gasteiger partial charge in [-0.3, -0.25) is 4.79 Å². The van der Waals surface area contributed by atoms with Crippen molar-refractivity contribution in [2.45, 2.75) is 12.8 Å². The Morgan fingerprint density at radius 1 is 1.33 bits per heavy atom. The zero-order chi connectivity index (χ0) is 12.8. The Balaban J connectivity index is 1.78. The average molecular weight is 244 g/mol. The van der Waals surface area contributed by atoms with Crippen LogP contribution in [-0.2, 0) is 4.79 Å². The summed E-state index contributed by atoms with van der Waals surface area (Å²) in [6.07, 6.45) is 3.59. The number of nitrogens with zero attached hydrogens (tertiary/aromatic N) is 1. The first-order valence-electron chi connectivity index (χ1n) is 6.50. The molecule has 18 heavy (non-hydrogen) atoms. The van der Waals surface area contributed by atoms with Crippen molar-refractivity contribution in [3.63, 3.8) is 0 Å². The number of para-hydroxylation sites is 1. The highest BCUT2D eigenvalue weighted by Gasteiger charge is 2.19. The summed E-state index contributed by atoms with van der Waals surface area (Å²) in [6.45, 7) is 6.36. The lowest BCUT2D eigenvalue weighted by Crippen LogP contribution is -2.38. The topological polar surface area (TPSA) is 32.3 Å². The maximum absolute atomic E-state index is 11.1. The SMILES string of the molecule is C=CC(=O)NCC1CCN(c2ccccc2)CC1. The van der Waals surface area contributed by atoms with Crippen molar-refractivity contribution in [3.8, 4) is 0 Å². The number of benzene rings is 1. The summed E-state index contributed by atoms with van der Waals surface area (Å²) in [4.78, 5) is 13.5. The predicted octanol–water partition coefficient (Wildman–Crippen LogP) is 2.21. The van der Waals surface area contributed by atoms with Crippen LogP contribution in [0.2, 0.25) is 0 Å². The third-order valence-electron chi connectivity index (χ3n) is 3.49. The van der Waals surface area contributed by atoms with Gasteiger partial charge in [-0.05, 0) is 37.0 Å². The molecule has 0 saturated carbocycles. The second-order valence-corrected chi connectivity index (χ2v) is 4.72. The van der Waals surface area contributed by atoms with E-state index in [0.29, 0.717) is 5.92 Å². The summed E-state index contributed by atoms with van der Waals surface area (Å²) in [5.74, 6) is 0.523. The molecule has 0 unspecified atom stereocenters. The maximum atomic E-state index is 11.1. The van der Waals surface area contributed by atoms with Crippen molar-refractivity contribution in [2.24, 2.45) is 5.92 Å². The monoisotopic (exact) mass is 244 g/mol. The van der Waals surface area contributed by atoms with Crippen LogP contribution in [-0.4, -0.2) is 25.5 Å². The highest BCUT2D eigenvalue weighted by molar-refractivity contribution is 5.86. The summed E-state index contributed by atoms with van der Waals surface area (Å²) < 4.78 is 0. The van der Waals surface area contributed by atoms with Crippen LogP contribution in [0.3, 0.4) is 0 Å². The minimum Gasteiger partial charge on any atom is -0.372 e. The fourth-order valence-electron chi connectivity index (χ4n) is 2.35. The molecule has 3 heteroatoms. The van der Waals surface area contributed by atoms with Gasteiger partial charge < -0.3 is 10.2 Å². The average Bonchev–Trinajstić information content (AvgIpc) is 2.46. The van der Waals surface area contributed by atoms with Crippen molar-refractivity contribution in [1.29, 1.82) is 0 Å². The molecule has 1 heterocycles. The number of carbonyl (C=O) groups is 1. The molecule has 1 aromatic rings. The Hall–Kier alpha value is -1.77. The van der Waals surface area contributed by atoms with E-state index in [-0.39, 0.29) is 5.91 Å². The highest BCUT2D eigenvalue weighted by atomic mass is 16.1. The molecule has 0 spiro atoms. The van der Waals surface area contributed by atoms with Crippen molar-refractivity contribution in [3.05, 3.63) is 43.0 Å². The number of hydrogen-bond acceptors (Lipinski definition) is 2. The van der Waals surface area contributed by atoms with Crippen LogP contribution < -0.4 is 10.2 Å². The number of nitrogens with one attached hydrogen (secondary N) is 1. The number of hydrogen-bond donors (Lipinski definition) is 1. The molecule has 0 aliphatic carbocycles. The molecule has 1 aliphatic heterocycles. The Kier molecular flexibility index (Phi) is 4.40. The van der Waals surface area contributed by atoms with E-state index < -0.39 is 0 Å². The smallest absolute Gasteiger partial charge is 0.243 e. The van der Waals surface area contributed by atoms with E-state index in [9.17, 15) is 4.79 Å². The lowest BCUT2D eigenvalue weighted by molar-refractivity contribution is -0.116. The zero-order valence-electron chi connectivity index (χ0n) is 10.6. The quantitative estimate of drug-likeness (QED) is 0.824. The Bertz CT molecular complexity index is 394.